The zero-order valence-corrected chi connectivity index (χ0v) is 7.18. The molecule has 0 aliphatic carbocycles. The number of hydrogen-bond acceptors (Lipinski definition) is 1. The summed E-state index contributed by atoms with van der Waals surface area (Å²) in [7, 11) is 0. The number of alkyl halides is 3. The van der Waals surface area contributed by atoms with Crippen LogP contribution in [0.2, 0.25) is 0 Å². The summed E-state index contributed by atoms with van der Waals surface area (Å²) in [5.41, 5.74) is 5.12. The first-order valence-electron chi connectivity index (χ1n) is 3.97. The molecule has 1 aromatic carbocycles. The van der Waals surface area contributed by atoms with E-state index in [1.807, 2.05) is 0 Å². The lowest BCUT2D eigenvalue weighted by Crippen LogP contribution is -2.21. The fourth-order valence-electron chi connectivity index (χ4n) is 1.14. The van der Waals surface area contributed by atoms with Crippen LogP contribution in [-0.2, 0) is 0 Å². The van der Waals surface area contributed by atoms with Gasteiger partial charge in [-0.25, -0.2) is 4.39 Å². The molecule has 1 atom stereocenters. The highest BCUT2D eigenvalue weighted by molar-refractivity contribution is 5.20. The molecule has 2 N–H and O–H groups in total. The summed E-state index contributed by atoms with van der Waals surface area (Å²) in [5.74, 6) is -0.704. The van der Waals surface area contributed by atoms with E-state index in [0.717, 1.165) is 6.07 Å². The van der Waals surface area contributed by atoms with Crippen LogP contribution >= 0.6 is 0 Å². The Labute approximate surface area is 78.5 Å². The van der Waals surface area contributed by atoms with E-state index < -0.39 is 24.5 Å². The van der Waals surface area contributed by atoms with Crippen molar-refractivity contribution in [2.75, 3.05) is 0 Å². The third kappa shape index (κ3) is 2.99. The van der Waals surface area contributed by atoms with Crippen molar-refractivity contribution in [3.63, 3.8) is 0 Å². The van der Waals surface area contributed by atoms with Gasteiger partial charge in [-0.1, -0.05) is 18.2 Å². The van der Waals surface area contributed by atoms with Gasteiger partial charge in [0.1, 0.15) is 5.82 Å². The molecule has 0 bridgehead atoms. The van der Waals surface area contributed by atoms with Crippen molar-refractivity contribution in [1.82, 2.24) is 0 Å². The molecule has 1 aromatic rings. The van der Waals surface area contributed by atoms with Gasteiger partial charge in [0.2, 0.25) is 0 Å². The highest BCUT2D eigenvalue weighted by Crippen LogP contribution is 2.28. The molecule has 0 unspecified atom stereocenters. The van der Waals surface area contributed by atoms with Crippen LogP contribution in [0.4, 0.5) is 17.6 Å². The standard InChI is InChI=1S/C9H9F4N/c10-7-4-2-1-3-6(7)8(14)5-9(11,12)13/h1-4,8H,5,14H2/t8-/m0/s1. The maximum absolute atomic E-state index is 13.0. The lowest BCUT2D eigenvalue weighted by molar-refractivity contribution is -0.138. The van der Waals surface area contributed by atoms with Crippen LogP contribution in [0.1, 0.15) is 18.0 Å². The Kier molecular flexibility index (Phi) is 3.10. The van der Waals surface area contributed by atoms with Crippen LogP contribution in [-0.4, -0.2) is 6.18 Å². The van der Waals surface area contributed by atoms with E-state index in [1.54, 1.807) is 0 Å². The zero-order valence-electron chi connectivity index (χ0n) is 7.18. The second kappa shape index (κ2) is 3.96. The molecule has 0 fully saturated rings. The number of nitrogens with two attached hydrogens (primary N) is 1. The molecule has 0 amide bonds. The Bertz CT molecular complexity index is 308. The average molecular weight is 207 g/mol. The van der Waals surface area contributed by atoms with Gasteiger partial charge in [0.25, 0.3) is 0 Å². The summed E-state index contributed by atoms with van der Waals surface area (Å²) >= 11 is 0. The van der Waals surface area contributed by atoms with Gasteiger partial charge in [-0.15, -0.1) is 0 Å². The first-order valence-corrected chi connectivity index (χ1v) is 3.97. The SMILES string of the molecule is N[C@@H](CC(F)(F)F)c1ccccc1F. The van der Waals surface area contributed by atoms with Crippen LogP contribution in [0.3, 0.4) is 0 Å². The summed E-state index contributed by atoms with van der Waals surface area (Å²) in [6, 6.07) is 3.86. The Morgan fingerprint density at radius 3 is 2.29 bits per heavy atom. The fourth-order valence-corrected chi connectivity index (χ4v) is 1.14. The minimum Gasteiger partial charge on any atom is -0.324 e. The summed E-state index contributed by atoms with van der Waals surface area (Å²) < 4.78 is 48.7. The first-order chi connectivity index (χ1) is 6.40. The van der Waals surface area contributed by atoms with Crippen molar-refractivity contribution >= 4 is 0 Å². The monoisotopic (exact) mass is 207 g/mol. The number of hydrogen-bond donors (Lipinski definition) is 1. The molecule has 5 heteroatoms. The molecule has 78 valence electrons. The van der Waals surface area contributed by atoms with Crippen molar-refractivity contribution in [2.24, 2.45) is 5.73 Å². The van der Waals surface area contributed by atoms with Gasteiger partial charge >= 0.3 is 6.18 Å². The fraction of sp³-hybridized carbons (Fsp3) is 0.333. The van der Waals surface area contributed by atoms with Gasteiger partial charge in [0, 0.05) is 11.6 Å². The number of halogens is 4. The molecule has 0 saturated carbocycles. The quantitative estimate of drug-likeness (QED) is 0.741. The largest absolute Gasteiger partial charge is 0.390 e. The number of benzene rings is 1. The Morgan fingerprint density at radius 1 is 1.21 bits per heavy atom. The van der Waals surface area contributed by atoms with Crippen molar-refractivity contribution in [2.45, 2.75) is 18.6 Å². The molecular weight excluding hydrogens is 198 g/mol. The first kappa shape index (κ1) is 11.0. The average Bonchev–Trinajstić information content (AvgIpc) is 2.01. The van der Waals surface area contributed by atoms with E-state index in [4.69, 9.17) is 5.73 Å². The van der Waals surface area contributed by atoms with Gasteiger partial charge in [-0.3, -0.25) is 0 Å². The molecule has 0 radical (unpaired) electrons. The van der Waals surface area contributed by atoms with Crippen LogP contribution in [0.15, 0.2) is 24.3 Å². The Balaban J connectivity index is 2.80. The molecule has 14 heavy (non-hydrogen) atoms. The smallest absolute Gasteiger partial charge is 0.324 e. The molecule has 0 aliphatic rings. The van der Waals surface area contributed by atoms with E-state index in [0.29, 0.717) is 0 Å². The molecule has 0 heterocycles. The maximum atomic E-state index is 13.0. The van der Waals surface area contributed by atoms with E-state index >= 15 is 0 Å². The van der Waals surface area contributed by atoms with Gasteiger partial charge in [-0.2, -0.15) is 13.2 Å². The Morgan fingerprint density at radius 2 is 1.79 bits per heavy atom. The predicted molar refractivity (Wildman–Crippen MR) is 44.0 cm³/mol. The summed E-state index contributed by atoms with van der Waals surface area (Å²) in [6.07, 6.45) is -5.59. The number of rotatable bonds is 2. The van der Waals surface area contributed by atoms with Crippen molar-refractivity contribution in [3.8, 4) is 0 Å². The highest BCUT2D eigenvalue weighted by atomic mass is 19.4. The minimum atomic E-state index is -4.37. The van der Waals surface area contributed by atoms with Crippen molar-refractivity contribution in [1.29, 1.82) is 0 Å². The summed E-state index contributed by atoms with van der Waals surface area (Å²) in [6.45, 7) is 0. The molecule has 0 aromatic heterocycles. The third-order valence-electron chi connectivity index (χ3n) is 1.76. The van der Waals surface area contributed by atoms with Gasteiger partial charge in [0.15, 0.2) is 0 Å². The van der Waals surface area contributed by atoms with Crippen LogP contribution in [0, 0.1) is 5.82 Å². The molecule has 0 aliphatic heterocycles. The third-order valence-corrected chi connectivity index (χ3v) is 1.76. The van der Waals surface area contributed by atoms with Gasteiger partial charge in [-0.05, 0) is 6.07 Å². The molecule has 0 saturated heterocycles. The summed E-state index contributed by atoms with van der Waals surface area (Å²) in [4.78, 5) is 0. The van der Waals surface area contributed by atoms with Crippen LogP contribution < -0.4 is 5.73 Å². The van der Waals surface area contributed by atoms with E-state index in [-0.39, 0.29) is 5.56 Å². The van der Waals surface area contributed by atoms with Crippen LogP contribution in [0.5, 0.6) is 0 Å². The zero-order chi connectivity index (χ0) is 10.8. The lowest BCUT2D eigenvalue weighted by Gasteiger charge is -2.14. The second-order valence-electron chi connectivity index (χ2n) is 2.95. The lowest BCUT2D eigenvalue weighted by atomic mass is 10.0. The van der Waals surface area contributed by atoms with Crippen molar-refractivity contribution in [3.05, 3.63) is 35.6 Å². The van der Waals surface area contributed by atoms with Gasteiger partial charge < -0.3 is 5.73 Å². The van der Waals surface area contributed by atoms with E-state index in [9.17, 15) is 17.6 Å². The van der Waals surface area contributed by atoms with Crippen molar-refractivity contribution < 1.29 is 17.6 Å². The van der Waals surface area contributed by atoms with Gasteiger partial charge in [0.05, 0.1) is 6.42 Å². The normalized spacial score (nSPS) is 14.1. The maximum Gasteiger partial charge on any atom is 0.390 e. The second-order valence-corrected chi connectivity index (χ2v) is 2.95. The molecule has 0 spiro atoms. The highest BCUT2D eigenvalue weighted by Gasteiger charge is 2.31. The topological polar surface area (TPSA) is 26.0 Å². The Hall–Kier alpha value is -1.10. The molecule has 1 nitrogen and oxygen atoms in total. The van der Waals surface area contributed by atoms with Crippen LogP contribution in [0.25, 0.3) is 0 Å². The minimum absolute atomic E-state index is 0.107. The van der Waals surface area contributed by atoms with E-state index in [1.165, 1.54) is 18.2 Å². The summed E-state index contributed by atoms with van der Waals surface area (Å²) in [5, 5.41) is 0. The molecular formula is C9H9F4N. The molecule has 1 rings (SSSR count). The predicted octanol–water partition coefficient (Wildman–Crippen LogP) is 2.78. The van der Waals surface area contributed by atoms with E-state index in [2.05, 4.69) is 0 Å².